The van der Waals surface area contributed by atoms with Gasteiger partial charge in [0.25, 0.3) is 5.91 Å². The molecule has 0 radical (unpaired) electrons. The number of carbonyl (C=O) groups excluding carboxylic acids is 2. The molecule has 2 aromatic carbocycles. The van der Waals surface area contributed by atoms with Crippen molar-refractivity contribution in [2.24, 2.45) is 0 Å². The summed E-state index contributed by atoms with van der Waals surface area (Å²) in [6.07, 6.45) is 0. The van der Waals surface area contributed by atoms with E-state index in [0.29, 0.717) is 11.1 Å². The van der Waals surface area contributed by atoms with Gasteiger partial charge in [0.05, 0.1) is 5.52 Å². The molecule has 7 nitrogen and oxygen atoms in total. The van der Waals surface area contributed by atoms with Gasteiger partial charge >= 0.3 is 11.8 Å². The Morgan fingerprint density at radius 2 is 1.79 bits per heavy atom. The number of nitrogens with zero attached hydrogens (tertiary/aromatic N) is 2. The van der Waals surface area contributed by atoms with E-state index in [1.165, 1.54) is 17.6 Å². The molecule has 1 aliphatic heterocycles. The molecule has 0 bridgehead atoms. The van der Waals surface area contributed by atoms with Crippen molar-refractivity contribution in [3.63, 3.8) is 0 Å². The van der Waals surface area contributed by atoms with E-state index in [4.69, 9.17) is 4.42 Å². The zero-order chi connectivity index (χ0) is 20.1. The van der Waals surface area contributed by atoms with Crippen LogP contribution in [-0.2, 0) is 16.9 Å². The average molecular weight is 387 g/mol. The van der Waals surface area contributed by atoms with Crippen molar-refractivity contribution in [1.82, 2.24) is 14.8 Å². The van der Waals surface area contributed by atoms with E-state index >= 15 is 0 Å². The second kappa shape index (κ2) is 6.29. The predicted molar refractivity (Wildman–Crippen MR) is 94.4 cm³/mol. The Bertz CT molecular complexity index is 1170. The minimum atomic E-state index is -1.53. The smallest absolute Gasteiger partial charge is 0.408 e. The van der Waals surface area contributed by atoms with Gasteiger partial charge in [-0.05, 0) is 36.8 Å². The van der Waals surface area contributed by atoms with Gasteiger partial charge in [0.1, 0.15) is 5.54 Å². The summed E-state index contributed by atoms with van der Waals surface area (Å²) in [5.74, 6) is -3.39. The summed E-state index contributed by atoms with van der Waals surface area (Å²) in [5.41, 5.74) is -0.466. The van der Waals surface area contributed by atoms with E-state index in [0.717, 1.165) is 17.0 Å². The first-order valence-electron chi connectivity index (χ1n) is 8.49. The monoisotopic (exact) mass is 387 g/mol. The molecule has 28 heavy (non-hydrogen) atoms. The molecule has 4 rings (SSSR count). The summed E-state index contributed by atoms with van der Waals surface area (Å²) in [6, 6.07) is 9.13. The van der Waals surface area contributed by atoms with Crippen molar-refractivity contribution in [3.8, 4) is 0 Å². The highest BCUT2D eigenvalue weighted by molar-refractivity contribution is 6.07. The number of carbonyl (C=O) groups is 2. The van der Waals surface area contributed by atoms with Gasteiger partial charge in [-0.15, -0.1) is 0 Å². The topological polar surface area (TPSA) is 84.6 Å². The van der Waals surface area contributed by atoms with E-state index in [1.54, 1.807) is 24.3 Å². The lowest BCUT2D eigenvalue weighted by Gasteiger charge is -2.22. The molecule has 3 aromatic rings. The van der Waals surface area contributed by atoms with E-state index < -0.39 is 34.9 Å². The van der Waals surface area contributed by atoms with E-state index in [2.05, 4.69) is 5.32 Å². The molecule has 1 atom stereocenters. The number of urea groups is 1. The fraction of sp³-hybridized carbons (Fsp3) is 0.211. The van der Waals surface area contributed by atoms with Crippen molar-refractivity contribution in [2.75, 3.05) is 6.54 Å². The Kier molecular flexibility index (Phi) is 4.02. The summed E-state index contributed by atoms with van der Waals surface area (Å²) >= 11 is 0. The molecule has 1 fully saturated rings. The molecule has 9 heteroatoms. The maximum Gasteiger partial charge on any atom is 0.420 e. The molecule has 1 unspecified atom stereocenters. The van der Waals surface area contributed by atoms with Crippen LogP contribution in [0.4, 0.5) is 13.6 Å². The van der Waals surface area contributed by atoms with Crippen LogP contribution in [0.3, 0.4) is 0 Å². The summed E-state index contributed by atoms with van der Waals surface area (Å²) in [7, 11) is 0. The first-order chi connectivity index (χ1) is 13.3. The number of amides is 3. The quantitative estimate of drug-likeness (QED) is 0.697. The van der Waals surface area contributed by atoms with Crippen LogP contribution in [0.25, 0.3) is 11.1 Å². The number of hydrogen-bond donors (Lipinski definition) is 1. The summed E-state index contributed by atoms with van der Waals surface area (Å²) in [4.78, 5) is 38.2. The number of hydrogen-bond acceptors (Lipinski definition) is 4. The van der Waals surface area contributed by atoms with E-state index in [1.807, 2.05) is 0 Å². The number of para-hydroxylation sites is 2. The van der Waals surface area contributed by atoms with Gasteiger partial charge in [0.15, 0.2) is 17.2 Å². The molecule has 0 spiro atoms. The van der Waals surface area contributed by atoms with E-state index in [-0.39, 0.29) is 18.7 Å². The fourth-order valence-electron chi connectivity index (χ4n) is 3.33. The molecule has 2 heterocycles. The number of oxazole rings is 1. The fourth-order valence-corrected chi connectivity index (χ4v) is 3.33. The van der Waals surface area contributed by atoms with Crippen molar-refractivity contribution in [2.45, 2.75) is 19.0 Å². The first-order valence-corrected chi connectivity index (χ1v) is 8.49. The highest BCUT2D eigenvalue weighted by atomic mass is 19.2. The second-order valence-corrected chi connectivity index (χ2v) is 6.63. The van der Waals surface area contributed by atoms with Crippen LogP contribution in [0.5, 0.6) is 0 Å². The molecule has 3 amide bonds. The van der Waals surface area contributed by atoms with Crippen LogP contribution in [-0.4, -0.2) is 28.0 Å². The normalized spacial score (nSPS) is 19.5. The summed E-state index contributed by atoms with van der Waals surface area (Å²) in [5, 5.41) is 2.51. The molecular formula is C19H15F2N3O4. The third kappa shape index (κ3) is 2.67. The number of nitrogens with one attached hydrogen (secondary N) is 1. The number of benzene rings is 2. The largest absolute Gasteiger partial charge is 0.420 e. The molecular weight excluding hydrogens is 372 g/mol. The molecule has 144 valence electrons. The SMILES string of the molecule is CC1(c2ccc(F)c(F)c2)NC(=O)N(CCn2c(=O)oc3ccccc32)C1=O. The highest BCUT2D eigenvalue weighted by Crippen LogP contribution is 2.29. The maximum absolute atomic E-state index is 13.6. The third-order valence-electron chi connectivity index (χ3n) is 4.89. The van der Waals surface area contributed by atoms with Crippen LogP contribution < -0.4 is 11.1 Å². The van der Waals surface area contributed by atoms with Gasteiger partial charge in [-0.25, -0.2) is 18.4 Å². The number of fused-ring (bicyclic) bond motifs is 1. The molecule has 1 aromatic heterocycles. The Balaban J connectivity index is 1.60. The van der Waals surface area contributed by atoms with Crippen molar-refractivity contribution in [1.29, 1.82) is 0 Å². The zero-order valence-corrected chi connectivity index (χ0v) is 14.7. The number of imide groups is 1. The Morgan fingerprint density at radius 3 is 2.54 bits per heavy atom. The van der Waals surface area contributed by atoms with Gasteiger partial charge < -0.3 is 9.73 Å². The minimum absolute atomic E-state index is 0.0306. The molecule has 1 N–H and O–H groups in total. The summed E-state index contributed by atoms with van der Waals surface area (Å²) in [6.45, 7) is 1.36. The van der Waals surface area contributed by atoms with Crippen LogP contribution in [0.2, 0.25) is 0 Å². The van der Waals surface area contributed by atoms with Gasteiger partial charge in [-0.2, -0.15) is 0 Å². The lowest BCUT2D eigenvalue weighted by atomic mass is 9.92. The molecule has 1 saturated heterocycles. The number of halogens is 2. The third-order valence-corrected chi connectivity index (χ3v) is 4.89. The minimum Gasteiger partial charge on any atom is -0.408 e. The maximum atomic E-state index is 13.6. The highest BCUT2D eigenvalue weighted by Gasteiger charge is 2.49. The van der Waals surface area contributed by atoms with Gasteiger partial charge in [-0.3, -0.25) is 14.3 Å². The van der Waals surface area contributed by atoms with Crippen LogP contribution in [0.1, 0.15) is 12.5 Å². The van der Waals surface area contributed by atoms with Crippen molar-refractivity contribution in [3.05, 3.63) is 70.2 Å². The van der Waals surface area contributed by atoms with E-state index in [9.17, 15) is 23.2 Å². The number of aromatic nitrogens is 1. The Labute approximate surface area is 157 Å². The van der Waals surface area contributed by atoms with Gasteiger partial charge in [0, 0.05) is 13.1 Å². The lowest BCUT2D eigenvalue weighted by molar-refractivity contribution is -0.131. The summed E-state index contributed by atoms with van der Waals surface area (Å²) < 4.78 is 33.2. The van der Waals surface area contributed by atoms with Gasteiger partial charge in [0.2, 0.25) is 0 Å². The molecule has 1 aliphatic rings. The first kappa shape index (κ1) is 17.9. The lowest BCUT2D eigenvalue weighted by Crippen LogP contribution is -2.41. The van der Waals surface area contributed by atoms with Crippen molar-refractivity contribution < 1.29 is 22.8 Å². The predicted octanol–water partition coefficient (Wildman–Crippen LogP) is 2.34. The second-order valence-electron chi connectivity index (χ2n) is 6.63. The molecule has 0 saturated carbocycles. The Morgan fingerprint density at radius 1 is 1.04 bits per heavy atom. The Hall–Kier alpha value is -3.49. The zero-order valence-electron chi connectivity index (χ0n) is 14.7. The van der Waals surface area contributed by atoms with Gasteiger partial charge in [-0.1, -0.05) is 18.2 Å². The average Bonchev–Trinajstić information content (AvgIpc) is 3.09. The van der Waals surface area contributed by atoms with Crippen molar-refractivity contribution >= 4 is 23.0 Å². The number of rotatable bonds is 4. The van der Waals surface area contributed by atoms with Crippen LogP contribution in [0, 0.1) is 11.6 Å². The standard InChI is InChI=1S/C19H15F2N3O4/c1-19(11-6-7-12(20)13(21)10-11)16(25)24(17(26)22-19)9-8-23-14-4-2-3-5-15(14)28-18(23)27/h2-7,10H,8-9H2,1H3,(H,22,26). The van der Waals surface area contributed by atoms with Crippen LogP contribution in [0.15, 0.2) is 51.7 Å². The molecule has 0 aliphatic carbocycles. The van der Waals surface area contributed by atoms with Crippen LogP contribution >= 0.6 is 0 Å².